The van der Waals surface area contributed by atoms with Gasteiger partial charge >= 0.3 is 11.7 Å². The Morgan fingerprint density at radius 1 is 1.39 bits per heavy atom. The second kappa shape index (κ2) is 6.81. The Hall–Kier alpha value is -2.37. The molecule has 0 aliphatic carbocycles. The average molecular weight is 318 g/mol. The van der Waals surface area contributed by atoms with Crippen LogP contribution in [0.4, 0.5) is 5.82 Å². The van der Waals surface area contributed by atoms with Gasteiger partial charge in [0, 0.05) is 0 Å². The summed E-state index contributed by atoms with van der Waals surface area (Å²) in [5.41, 5.74) is 0.452. The van der Waals surface area contributed by atoms with Crippen LogP contribution in [0.1, 0.15) is 40.0 Å². The molecule has 6 nitrogen and oxygen atoms in total. The maximum absolute atomic E-state index is 11.6. The molecule has 0 bridgehead atoms. The normalized spacial score (nSPS) is 13.0. The van der Waals surface area contributed by atoms with E-state index in [0.717, 1.165) is 12.8 Å². The van der Waals surface area contributed by atoms with Crippen molar-refractivity contribution in [1.29, 1.82) is 0 Å². The fourth-order valence-corrected chi connectivity index (χ4v) is 2.26. The van der Waals surface area contributed by atoms with Crippen molar-refractivity contribution in [3.8, 4) is 0 Å². The third-order valence-corrected chi connectivity index (χ3v) is 4.22. The molecule has 23 heavy (non-hydrogen) atoms. The number of hydrogen-bond donors (Lipinski definition) is 2. The van der Waals surface area contributed by atoms with E-state index in [4.69, 9.17) is 4.42 Å². The SMILES string of the molecule is CCC(C)(C)CCC(Nc1nc(=O)oc2ccccc12)C(=O)O. The van der Waals surface area contributed by atoms with Gasteiger partial charge in [-0.25, -0.2) is 9.59 Å². The van der Waals surface area contributed by atoms with Crippen LogP contribution in [0.15, 0.2) is 33.5 Å². The highest BCUT2D eigenvalue weighted by Crippen LogP contribution is 2.28. The summed E-state index contributed by atoms with van der Waals surface area (Å²) in [6.07, 6.45) is 2.18. The van der Waals surface area contributed by atoms with Crippen LogP contribution in [0.5, 0.6) is 0 Å². The van der Waals surface area contributed by atoms with Crippen LogP contribution in [-0.4, -0.2) is 22.1 Å². The molecule has 0 spiro atoms. The van der Waals surface area contributed by atoms with Crippen LogP contribution >= 0.6 is 0 Å². The second-order valence-corrected chi connectivity index (χ2v) is 6.42. The zero-order chi connectivity index (χ0) is 17.0. The smallest absolute Gasteiger partial charge is 0.441 e. The van der Waals surface area contributed by atoms with E-state index in [9.17, 15) is 14.7 Å². The van der Waals surface area contributed by atoms with Crippen molar-refractivity contribution >= 4 is 22.8 Å². The summed E-state index contributed by atoms with van der Waals surface area (Å²) in [4.78, 5) is 26.9. The maximum atomic E-state index is 11.6. The van der Waals surface area contributed by atoms with Crippen molar-refractivity contribution in [3.05, 3.63) is 34.8 Å². The Morgan fingerprint density at radius 3 is 2.74 bits per heavy atom. The molecule has 1 aromatic carbocycles. The van der Waals surface area contributed by atoms with Gasteiger partial charge in [-0.3, -0.25) is 0 Å². The highest BCUT2D eigenvalue weighted by Gasteiger charge is 2.23. The molecular formula is C17H22N2O4. The Labute approximate surface area is 134 Å². The predicted molar refractivity (Wildman–Crippen MR) is 88.6 cm³/mol. The molecule has 0 radical (unpaired) electrons. The number of hydrogen-bond acceptors (Lipinski definition) is 5. The summed E-state index contributed by atoms with van der Waals surface area (Å²) in [5.74, 6) is -1.46. The van der Waals surface area contributed by atoms with Gasteiger partial charge < -0.3 is 14.8 Å². The van der Waals surface area contributed by atoms with E-state index in [1.165, 1.54) is 0 Å². The Balaban J connectivity index is 2.27. The van der Waals surface area contributed by atoms with Gasteiger partial charge in [-0.15, -0.1) is 0 Å². The number of carboxylic acid groups (broad SMARTS) is 1. The van der Waals surface area contributed by atoms with Gasteiger partial charge in [0.05, 0.1) is 5.39 Å². The molecule has 2 rings (SSSR count). The van der Waals surface area contributed by atoms with Crippen molar-refractivity contribution < 1.29 is 14.3 Å². The second-order valence-electron chi connectivity index (χ2n) is 6.42. The van der Waals surface area contributed by atoms with E-state index in [-0.39, 0.29) is 11.2 Å². The summed E-state index contributed by atoms with van der Waals surface area (Å²) in [7, 11) is 0. The molecule has 6 heteroatoms. The lowest BCUT2D eigenvalue weighted by Gasteiger charge is -2.25. The van der Waals surface area contributed by atoms with Crippen molar-refractivity contribution in [2.45, 2.75) is 46.1 Å². The largest absolute Gasteiger partial charge is 0.480 e. The molecule has 1 heterocycles. The lowest BCUT2D eigenvalue weighted by molar-refractivity contribution is -0.138. The van der Waals surface area contributed by atoms with Crippen molar-refractivity contribution in [2.24, 2.45) is 5.41 Å². The molecule has 1 atom stereocenters. The molecule has 1 unspecified atom stereocenters. The summed E-state index contributed by atoms with van der Waals surface area (Å²) >= 11 is 0. The first-order valence-electron chi connectivity index (χ1n) is 7.71. The Morgan fingerprint density at radius 2 is 2.09 bits per heavy atom. The van der Waals surface area contributed by atoms with Gasteiger partial charge in [-0.05, 0) is 30.4 Å². The van der Waals surface area contributed by atoms with Gasteiger partial charge in [-0.2, -0.15) is 4.98 Å². The van der Waals surface area contributed by atoms with E-state index in [2.05, 4.69) is 31.1 Å². The molecule has 2 N–H and O–H groups in total. The zero-order valence-corrected chi connectivity index (χ0v) is 13.6. The van der Waals surface area contributed by atoms with Crippen LogP contribution in [0, 0.1) is 5.41 Å². The first-order valence-corrected chi connectivity index (χ1v) is 7.71. The number of para-hydroxylation sites is 1. The van der Waals surface area contributed by atoms with Gasteiger partial charge in [0.25, 0.3) is 0 Å². The average Bonchev–Trinajstić information content (AvgIpc) is 2.50. The standard InChI is InChI=1S/C17H22N2O4/c1-4-17(2,3)10-9-12(15(20)21)18-14-11-7-5-6-8-13(11)23-16(22)19-14/h5-8,12H,4,9-10H2,1-3H3,(H,20,21)(H,18,19,22). The van der Waals surface area contributed by atoms with Crippen molar-refractivity contribution in [3.63, 3.8) is 0 Å². The van der Waals surface area contributed by atoms with Crippen molar-refractivity contribution in [2.75, 3.05) is 5.32 Å². The topological polar surface area (TPSA) is 92.4 Å². The monoisotopic (exact) mass is 318 g/mol. The molecular weight excluding hydrogens is 296 g/mol. The van der Waals surface area contributed by atoms with E-state index >= 15 is 0 Å². The minimum Gasteiger partial charge on any atom is -0.480 e. The lowest BCUT2D eigenvalue weighted by Crippen LogP contribution is -2.32. The van der Waals surface area contributed by atoms with Crippen LogP contribution in [0.2, 0.25) is 0 Å². The Bertz CT molecular complexity index is 752. The third-order valence-electron chi connectivity index (χ3n) is 4.22. The van der Waals surface area contributed by atoms with E-state index < -0.39 is 17.8 Å². The summed E-state index contributed by atoms with van der Waals surface area (Å²) in [6.45, 7) is 6.30. The first-order chi connectivity index (χ1) is 10.8. The third kappa shape index (κ3) is 4.31. The minimum absolute atomic E-state index is 0.0700. The molecule has 124 valence electrons. The predicted octanol–water partition coefficient (Wildman–Crippen LogP) is 3.27. The summed E-state index contributed by atoms with van der Waals surface area (Å²) in [5, 5.41) is 12.9. The number of carbonyl (C=O) groups is 1. The van der Waals surface area contributed by atoms with Gasteiger partial charge in [-0.1, -0.05) is 39.3 Å². The minimum atomic E-state index is -0.962. The molecule has 0 saturated carbocycles. The molecule has 0 fully saturated rings. The number of aliphatic carboxylic acids is 1. The van der Waals surface area contributed by atoms with Gasteiger partial charge in [0.1, 0.15) is 17.4 Å². The van der Waals surface area contributed by atoms with Gasteiger partial charge in [0.2, 0.25) is 0 Å². The quantitative estimate of drug-likeness (QED) is 0.814. The number of benzene rings is 1. The number of nitrogens with zero attached hydrogens (tertiary/aromatic N) is 1. The first kappa shape index (κ1) is 17.0. The fourth-order valence-electron chi connectivity index (χ4n) is 2.26. The highest BCUT2D eigenvalue weighted by molar-refractivity contribution is 5.89. The number of fused-ring (bicyclic) bond motifs is 1. The molecule has 1 aromatic heterocycles. The van der Waals surface area contributed by atoms with Gasteiger partial charge in [0.15, 0.2) is 0 Å². The van der Waals surface area contributed by atoms with Crippen LogP contribution < -0.4 is 11.1 Å². The van der Waals surface area contributed by atoms with Crippen molar-refractivity contribution in [1.82, 2.24) is 4.98 Å². The van der Waals surface area contributed by atoms with Crippen LogP contribution in [0.3, 0.4) is 0 Å². The number of aromatic nitrogens is 1. The maximum Gasteiger partial charge on any atom is 0.441 e. The summed E-state index contributed by atoms with van der Waals surface area (Å²) < 4.78 is 5.02. The molecule has 0 aliphatic heterocycles. The van der Waals surface area contributed by atoms with Crippen LogP contribution in [0.25, 0.3) is 11.0 Å². The molecule has 0 amide bonds. The van der Waals surface area contributed by atoms with E-state index in [0.29, 0.717) is 17.4 Å². The number of carboxylic acids is 1. The van der Waals surface area contributed by atoms with E-state index in [1.54, 1.807) is 24.3 Å². The zero-order valence-electron chi connectivity index (χ0n) is 13.6. The Kier molecular flexibility index (Phi) is 5.03. The fraction of sp³-hybridized carbons (Fsp3) is 0.471. The highest BCUT2D eigenvalue weighted by atomic mass is 16.4. The number of rotatable bonds is 7. The molecule has 0 saturated heterocycles. The molecule has 0 aliphatic rings. The lowest BCUT2D eigenvalue weighted by atomic mass is 9.84. The van der Waals surface area contributed by atoms with E-state index in [1.807, 2.05) is 0 Å². The summed E-state index contributed by atoms with van der Waals surface area (Å²) in [6, 6.07) is 6.11. The number of anilines is 1. The van der Waals surface area contributed by atoms with Crippen LogP contribution in [-0.2, 0) is 4.79 Å². The number of nitrogens with one attached hydrogen (secondary N) is 1. The molecule has 2 aromatic rings.